The van der Waals surface area contributed by atoms with Gasteiger partial charge in [0.15, 0.2) is 5.69 Å². The van der Waals surface area contributed by atoms with Crippen molar-refractivity contribution in [2.24, 2.45) is 5.73 Å². The maximum absolute atomic E-state index is 10.7. The Kier molecular flexibility index (Phi) is 2.14. The predicted molar refractivity (Wildman–Crippen MR) is 43.7 cm³/mol. The molecule has 12 heavy (non-hydrogen) atoms. The van der Waals surface area contributed by atoms with E-state index in [1.54, 1.807) is 6.07 Å². The summed E-state index contributed by atoms with van der Waals surface area (Å²) in [5.41, 5.74) is 10.7. The van der Waals surface area contributed by atoms with Crippen LogP contribution in [0.5, 0.6) is 5.88 Å². The summed E-state index contributed by atoms with van der Waals surface area (Å²) < 4.78 is 4.79. The average molecular weight is 167 g/mol. The van der Waals surface area contributed by atoms with Crippen molar-refractivity contribution in [2.45, 2.75) is 0 Å². The van der Waals surface area contributed by atoms with E-state index in [1.165, 1.54) is 13.2 Å². The molecule has 64 valence electrons. The first-order valence-corrected chi connectivity index (χ1v) is 3.25. The SMILES string of the molecule is COc1ccc(N)c(C(N)=O)n1. The highest BCUT2D eigenvalue weighted by Gasteiger charge is 2.08. The van der Waals surface area contributed by atoms with E-state index in [0.717, 1.165) is 0 Å². The number of hydrogen-bond acceptors (Lipinski definition) is 4. The van der Waals surface area contributed by atoms with Crippen molar-refractivity contribution in [1.82, 2.24) is 4.98 Å². The number of primary amides is 1. The zero-order chi connectivity index (χ0) is 9.14. The van der Waals surface area contributed by atoms with E-state index in [1.807, 2.05) is 0 Å². The van der Waals surface area contributed by atoms with Crippen LogP contribution in [0.1, 0.15) is 10.5 Å². The fourth-order valence-corrected chi connectivity index (χ4v) is 0.763. The number of rotatable bonds is 2. The van der Waals surface area contributed by atoms with Gasteiger partial charge in [0.2, 0.25) is 5.88 Å². The monoisotopic (exact) mass is 167 g/mol. The number of carbonyl (C=O) groups excluding carboxylic acids is 1. The Labute approximate surface area is 69.3 Å². The zero-order valence-electron chi connectivity index (χ0n) is 6.57. The number of carbonyl (C=O) groups is 1. The number of ether oxygens (including phenoxy) is 1. The molecule has 0 aliphatic carbocycles. The number of methoxy groups -OCH3 is 1. The lowest BCUT2D eigenvalue weighted by atomic mass is 10.3. The molecule has 5 heteroatoms. The molecule has 1 rings (SSSR count). The molecule has 0 radical (unpaired) electrons. The lowest BCUT2D eigenvalue weighted by Gasteiger charge is -2.02. The van der Waals surface area contributed by atoms with Gasteiger partial charge in [0.1, 0.15) is 0 Å². The molecule has 1 heterocycles. The number of anilines is 1. The highest BCUT2D eigenvalue weighted by Crippen LogP contribution is 2.13. The van der Waals surface area contributed by atoms with Gasteiger partial charge in [-0.3, -0.25) is 4.79 Å². The Balaban J connectivity index is 3.17. The summed E-state index contributed by atoms with van der Waals surface area (Å²) in [6.45, 7) is 0. The lowest BCUT2D eigenvalue weighted by molar-refractivity contribution is 0.0995. The second-order valence-corrected chi connectivity index (χ2v) is 2.16. The first-order valence-electron chi connectivity index (χ1n) is 3.25. The molecular weight excluding hydrogens is 158 g/mol. The summed E-state index contributed by atoms with van der Waals surface area (Å²) in [4.78, 5) is 14.5. The number of amides is 1. The summed E-state index contributed by atoms with van der Waals surface area (Å²) >= 11 is 0. The summed E-state index contributed by atoms with van der Waals surface area (Å²) in [7, 11) is 1.45. The minimum absolute atomic E-state index is 0.0364. The van der Waals surface area contributed by atoms with E-state index in [2.05, 4.69) is 4.98 Å². The van der Waals surface area contributed by atoms with Crippen LogP contribution in [-0.2, 0) is 0 Å². The van der Waals surface area contributed by atoms with E-state index < -0.39 is 5.91 Å². The predicted octanol–water partition coefficient (Wildman–Crippen LogP) is -0.229. The molecule has 0 aromatic carbocycles. The fraction of sp³-hybridized carbons (Fsp3) is 0.143. The van der Waals surface area contributed by atoms with Crippen molar-refractivity contribution < 1.29 is 9.53 Å². The van der Waals surface area contributed by atoms with Gasteiger partial charge < -0.3 is 16.2 Å². The molecule has 4 N–H and O–H groups in total. The van der Waals surface area contributed by atoms with Crippen LogP contribution in [0.4, 0.5) is 5.69 Å². The van der Waals surface area contributed by atoms with Crippen LogP contribution in [0.2, 0.25) is 0 Å². The third kappa shape index (κ3) is 1.45. The van der Waals surface area contributed by atoms with E-state index in [-0.39, 0.29) is 11.4 Å². The summed E-state index contributed by atoms with van der Waals surface area (Å²) in [5.74, 6) is -0.343. The molecule has 0 saturated carbocycles. The van der Waals surface area contributed by atoms with Crippen molar-refractivity contribution in [3.63, 3.8) is 0 Å². The van der Waals surface area contributed by atoms with Gasteiger partial charge in [-0.25, -0.2) is 4.98 Å². The van der Waals surface area contributed by atoms with Crippen LogP contribution in [0.25, 0.3) is 0 Å². The number of pyridine rings is 1. The fourth-order valence-electron chi connectivity index (χ4n) is 0.763. The zero-order valence-corrected chi connectivity index (χ0v) is 6.57. The Morgan fingerprint density at radius 3 is 2.75 bits per heavy atom. The molecule has 5 nitrogen and oxygen atoms in total. The summed E-state index contributed by atoms with van der Waals surface area (Å²) in [5, 5.41) is 0. The van der Waals surface area contributed by atoms with Gasteiger partial charge in [0, 0.05) is 6.07 Å². The quantitative estimate of drug-likeness (QED) is 0.636. The standard InChI is InChI=1S/C7H9N3O2/c1-12-5-3-2-4(8)6(10-5)7(9)11/h2-3H,8H2,1H3,(H2,9,11). The van der Waals surface area contributed by atoms with Gasteiger partial charge in [0.05, 0.1) is 12.8 Å². The molecule has 1 aromatic heterocycles. The van der Waals surface area contributed by atoms with Gasteiger partial charge in [-0.15, -0.1) is 0 Å². The van der Waals surface area contributed by atoms with Gasteiger partial charge in [-0.05, 0) is 6.07 Å². The number of nitrogens with zero attached hydrogens (tertiary/aromatic N) is 1. The normalized spacial score (nSPS) is 9.42. The molecular formula is C7H9N3O2. The van der Waals surface area contributed by atoms with Gasteiger partial charge in [-0.1, -0.05) is 0 Å². The van der Waals surface area contributed by atoms with Crippen molar-refractivity contribution in [3.8, 4) is 5.88 Å². The van der Waals surface area contributed by atoms with E-state index in [9.17, 15) is 4.79 Å². The Hall–Kier alpha value is -1.78. The summed E-state index contributed by atoms with van der Waals surface area (Å²) in [6, 6.07) is 3.08. The van der Waals surface area contributed by atoms with Crippen LogP contribution >= 0.6 is 0 Å². The van der Waals surface area contributed by atoms with E-state index in [0.29, 0.717) is 5.88 Å². The highest BCUT2D eigenvalue weighted by atomic mass is 16.5. The molecule has 0 saturated heterocycles. The van der Waals surface area contributed by atoms with Crippen LogP contribution in [0.3, 0.4) is 0 Å². The second-order valence-electron chi connectivity index (χ2n) is 2.16. The molecule has 0 aliphatic rings. The van der Waals surface area contributed by atoms with Crippen molar-refractivity contribution in [3.05, 3.63) is 17.8 Å². The van der Waals surface area contributed by atoms with Crippen LogP contribution in [-0.4, -0.2) is 18.0 Å². The Morgan fingerprint density at radius 1 is 1.58 bits per heavy atom. The van der Waals surface area contributed by atoms with Gasteiger partial charge in [-0.2, -0.15) is 0 Å². The molecule has 0 unspecified atom stereocenters. The Morgan fingerprint density at radius 2 is 2.25 bits per heavy atom. The summed E-state index contributed by atoms with van der Waals surface area (Å²) in [6.07, 6.45) is 0. The lowest BCUT2D eigenvalue weighted by Crippen LogP contribution is -2.15. The van der Waals surface area contributed by atoms with Gasteiger partial charge >= 0.3 is 0 Å². The van der Waals surface area contributed by atoms with Crippen LogP contribution in [0, 0.1) is 0 Å². The van der Waals surface area contributed by atoms with Crippen LogP contribution in [0.15, 0.2) is 12.1 Å². The molecule has 0 atom stereocenters. The topological polar surface area (TPSA) is 91.2 Å². The largest absolute Gasteiger partial charge is 0.481 e. The maximum atomic E-state index is 10.7. The molecule has 0 bridgehead atoms. The molecule has 0 fully saturated rings. The first-order chi connectivity index (χ1) is 5.65. The third-order valence-electron chi connectivity index (χ3n) is 1.34. The van der Waals surface area contributed by atoms with Crippen molar-refractivity contribution in [1.29, 1.82) is 0 Å². The minimum atomic E-state index is -0.661. The maximum Gasteiger partial charge on any atom is 0.269 e. The van der Waals surface area contributed by atoms with Crippen LogP contribution < -0.4 is 16.2 Å². The second kappa shape index (κ2) is 3.08. The van der Waals surface area contributed by atoms with Crippen molar-refractivity contribution >= 4 is 11.6 Å². The Bertz CT molecular complexity index is 312. The number of nitrogen functional groups attached to an aromatic ring is 1. The molecule has 1 aromatic rings. The molecule has 0 aliphatic heterocycles. The van der Waals surface area contributed by atoms with E-state index >= 15 is 0 Å². The molecule has 1 amide bonds. The molecule has 0 spiro atoms. The third-order valence-corrected chi connectivity index (χ3v) is 1.34. The average Bonchev–Trinajstić information content (AvgIpc) is 2.05. The van der Waals surface area contributed by atoms with E-state index in [4.69, 9.17) is 16.2 Å². The number of nitrogens with two attached hydrogens (primary N) is 2. The number of hydrogen-bond donors (Lipinski definition) is 2. The first kappa shape index (κ1) is 8.32. The minimum Gasteiger partial charge on any atom is -0.481 e. The van der Waals surface area contributed by atoms with Gasteiger partial charge in [0.25, 0.3) is 5.91 Å². The number of aromatic nitrogens is 1. The highest BCUT2D eigenvalue weighted by molar-refractivity contribution is 5.95. The smallest absolute Gasteiger partial charge is 0.269 e. The van der Waals surface area contributed by atoms with Crippen molar-refractivity contribution in [2.75, 3.05) is 12.8 Å².